The van der Waals surface area contributed by atoms with Gasteiger partial charge in [-0.05, 0) is 37.0 Å². The maximum absolute atomic E-state index is 12.2. The highest BCUT2D eigenvalue weighted by Crippen LogP contribution is 2.27. The quantitative estimate of drug-likeness (QED) is 0.928. The van der Waals surface area contributed by atoms with Gasteiger partial charge in [0, 0.05) is 21.2 Å². The van der Waals surface area contributed by atoms with Crippen LogP contribution in [-0.2, 0) is 10.8 Å². The van der Waals surface area contributed by atoms with Gasteiger partial charge in [0.2, 0.25) is 0 Å². The molecule has 0 amide bonds. The van der Waals surface area contributed by atoms with E-state index in [0.29, 0.717) is 11.7 Å². The molecule has 2 nitrogen and oxygen atoms in total. The molecule has 0 aromatic heterocycles. The molecule has 1 aromatic carbocycles. The van der Waals surface area contributed by atoms with E-state index in [0.717, 1.165) is 9.37 Å². The molecule has 1 fully saturated rings. The molecular weight excluding hydrogens is 298 g/mol. The lowest BCUT2D eigenvalue weighted by atomic mass is 10.0. The lowest BCUT2D eigenvalue weighted by Crippen LogP contribution is -2.34. The Morgan fingerprint density at radius 3 is 2.76 bits per heavy atom. The minimum atomic E-state index is -0.975. The first kappa shape index (κ1) is 13.2. The Kier molecular flexibility index (Phi) is 4.77. The summed E-state index contributed by atoms with van der Waals surface area (Å²) in [4.78, 5) is 0.868. The number of hydrogen-bond acceptors (Lipinski definition) is 2. The fraction of sp³-hybridized carbons (Fsp3) is 0.538. The van der Waals surface area contributed by atoms with Gasteiger partial charge in [-0.2, -0.15) is 0 Å². The normalized spacial score (nSPS) is 20.4. The predicted octanol–water partition coefficient (Wildman–Crippen LogP) is 3.07. The molecule has 0 radical (unpaired) electrons. The molecule has 94 valence electrons. The average molecular weight is 316 g/mol. The summed E-state index contributed by atoms with van der Waals surface area (Å²) in [5.74, 6) is 1.16. The zero-order chi connectivity index (χ0) is 12.3. The van der Waals surface area contributed by atoms with Crippen LogP contribution in [0.5, 0.6) is 0 Å². The first-order chi connectivity index (χ1) is 8.16. The summed E-state index contributed by atoms with van der Waals surface area (Å²) in [7, 11) is -0.975. The van der Waals surface area contributed by atoms with Crippen LogP contribution in [-0.4, -0.2) is 16.0 Å². The number of hydrogen-bond donors (Lipinski definition) is 1. The molecule has 0 bridgehead atoms. The van der Waals surface area contributed by atoms with Gasteiger partial charge < -0.3 is 5.73 Å². The van der Waals surface area contributed by atoms with Crippen molar-refractivity contribution in [2.75, 3.05) is 5.75 Å². The summed E-state index contributed by atoms with van der Waals surface area (Å²) < 4.78 is 13.1. The van der Waals surface area contributed by atoms with Crippen LogP contribution in [0, 0.1) is 5.92 Å². The summed E-state index contributed by atoms with van der Waals surface area (Å²) >= 11 is 3.40. The van der Waals surface area contributed by atoms with Gasteiger partial charge in [-0.1, -0.05) is 34.8 Å². The summed E-state index contributed by atoms with van der Waals surface area (Å²) in [5.41, 5.74) is 6.15. The molecule has 1 saturated carbocycles. The SMILES string of the molecule is NC(CS(=O)c1cccc(Br)c1)C1CCCC1. The molecule has 2 N–H and O–H groups in total. The molecule has 0 heterocycles. The first-order valence-electron chi connectivity index (χ1n) is 6.06. The van der Waals surface area contributed by atoms with Gasteiger partial charge in [-0.3, -0.25) is 4.21 Å². The van der Waals surface area contributed by atoms with Crippen molar-refractivity contribution in [3.05, 3.63) is 28.7 Å². The number of nitrogens with two attached hydrogens (primary N) is 1. The summed E-state index contributed by atoms with van der Waals surface area (Å²) in [6.45, 7) is 0. The molecule has 2 rings (SSSR count). The van der Waals surface area contributed by atoms with E-state index in [9.17, 15) is 4.21 Å². The van der Waals surface area contributed by atoms with Crippen LogP contribution in [0.3, 0.4) is 0 Å². The van der Waals surface area contributed by atoms with Crippen molar-refractivity contribution in [2.24, 2.45) is 11.7 Å². The van der Waals surface area contributed by atoms with Crippen molar-refractivity contribution < 1.29 is 4.21 Å². The fourth-order valence-corrected chi connectivity index (χ4v) is 4.25. The average Bonchev–Trinajstić information content (AvgIpc) is 2.82. The van der Waals surface area contributed by atoms with Crippen LogP contribution >= 0.6 is 15.9 Å². The lowest BCUT2D eigenvalue weighted by Gasteiger charge is -2.18. The van der Waals surface area contributed by atoms with E-state index in [1.807, 2.05) is 24.3 Å². The van der Waals surface area contributed by atoms with Gasteiger partial charge >= 0.3 is 0 Å². The standard InChI is InChI=1S/C13H18BrNOS/c14-11-6-3-7-12(8-11)17(16)9-13(15)10-4-1-2-5-10/h3,6-8,10,13H,1-2,4-5,9,15H2. The molecule has 1 aromatic rings. The van der Waals surface area contributed by atoms with Crippen molar-refractivity contribution in [1.82, 2.24) is 0 Å². The van der Waals surface area contributed by atoms with Crippen molar-refractivity contribution in [1.29, 1.82) is 0 Å². The summed E-state index contributed by atoms with van der Waals surface area (Å²) in [6, 6.07) is 7.76. The zero-order valence-corrected chi connectivity index (χ0v) is 12.2. The first-order valence-corrected chi connectivity index (χ1v) is 8.17. The molecule has 2 atom stereocenters. The highest BCUT2D eigenvalue weighted by molar-refractivity contribution is 9.10. The Bertz CT molecular complexity index is 404. The molecule has 0 aliphatic heterocycles. The second kappa shape index (κ2) is 6.12. The Labute approximate surface area is 114 Å². The van der Waals surface area contributed by atoms with E-state index in [1.54, 1.807) is 0 Å². The van der Waals surface area contributed by atoms with E-state index in [1.165, 1.54) is 25.7 Å². The van der Waals surface area contributed by atoms with Crippen molar-refractivity contribution in [3.63, 3.8) is 0 Å². The van der Waals surface area contributed by atoms with Gasteiger partial charge in [-0.25, -0.2) is 0 Å². The van der Waals surface area contributed by atoms with Crippen LogP contribution in [0.4, 0.5) is 0 Å². The maximum Gasteiger partial charge on any atom is 0.0545 e. The minimum Gasteiger partial charge on any atom is -0.327 e. The lowest BCUT2D eigenvalue weighted by molar-refractivity contribution is 0.460. The fourth-order valence-electron chi connectivity index (χ4n) is 2.40. The topological polar surface area (TPSA) is 43.1 Å². The molecule has 2 unspecified atom stereocenters. The van der Waals surface area contributed by atoms with E-state index in [2.05, 4.69) is 15.9 Å². The van der Waals surface area contributed by atoms with Gasteiger partial charge in [0.25, 0.3) is 0 Å². The predicted molar refractivity (Wildman–Crippen MR) is 75.4 cm³/mol. The smallest absolute Gasteiger partial charge is 0.0545 e. The van der Waals surface area contributed by atoms with Gasteiger partial charge in [0.05, 0.1) is 10.8 Å². The largest absolute Gasteiger partial charge is 0.327 e. The van der Waals surface area contributed by atoms with Crippen LogP contribution in [0.2, 0.25) is 0 Å². The third-order valence-electron chi connectivity index (χ3n) is 3.41. The van der Waals surface area contributed by atoms with Crippen LogP contribution in [0.25, 0.3) is 0 Å². The summed E-state index contributed by atoms with van der Waals surface area (Å²) in [6.07, 6.45) is 4.97. The van der Waals surface area contributed by atoms with Crippen LogP contribution < -0.4 is 5.73 Å². The molecule has 1 aliphatic rings. The zero-order valence-electron chi connectivity index (χ0n) is 9.77. The summed E-state index contributed by atoms with van der Waals surface area (Å²) in [5, 5.41) is 0. The monoisotopic (exact) mass is 315 g/mol. The van der Waals surface area contributed by atoms with Crippen LogP contribution in [0.15, 0.2) is 33.6 Å². The third-order valence-corrected chi connectivity index (χ3v) is 5.37. The maximum atomic E-state index is 12.2. The number of benzene rings is 1. The van der Waals surface area contributed by atoms with Gasteiger partial charge in [0.15, 0.2) is 0 Å². The highest BCUT2D eigenvalue weighted by atomic mass is 79.9. The van der Waals surface area contributed by atoms with E-state index < -0.39 is 10.8 Å². The number of halogens is 1. The van der Waals surface area contributed by atoms with E-state index in [4.69, 9.17) is 5.73 Å². The Morgan fingerprint density at radius 2 is 2.12 bits per heavy atom. The molecule has 0 saturated heterocycles. The van der Waals surface area contributed by atoms with E-state index in [-0.39, 0.29) is 6.04 Å². The Hall–Kier alpha value is -0.190. The van der Waals surface area contributed by atoms with Crippen molar-refractivity contribution >= 4 is 26.7 Å². The Balaban J connectivity index is 1.96. The van der Waals surface area contributed by atoms with Crippen LogP contribution in [0.1, 0.15) is 25.7 Å². The molecule has 17 heavy (non-hydrogen) atoms. The molecular formula is C13H18BrNOS. The molecule has 0 spiro atoms. The minimum absolute atomic E-state index is 0.0808. The van der Waals surface area contributed by atoms with Crippen molar-refractivity contribution in [2.45, 2.75) is 36.6 Å². The Morgan fingerprint density at radius 1 is 1.41 bits per heavy atom. The second-order valence-corrected chi connectivity index (χ2v) is 7.09. The van der Waals surface area contributed by atoms with Gasteiger partial charge in [0.1, 0.15) is 0 Å². The second-order valence-electron chi connectivity index (χ2n) is 4.68. The highest BCUT2D eigenvalue weighted by Gasteiger charge is 2.23. The molecule has 1 aliphatic carbocycles. The van der Waals surface area contributed by atoms with E-state index >= 15 is 0 Å². The molecule has 4 heteroatoms. The van der Waals surface area contributed by atoms with Gasteiger partial charge in [-0.15, -0.1) is 0 Å². The third kappa shape index (κ3) is 3.63. The number of rotatable bonds is 4. The van der Waals surface area contributed by atoms with Crippen molar-refractivity contribution in [3.8, 4) is 0 Å².